The maximum absolute atomic E-state index is 12.8. The molecule has 1 heterocycles. The van der Waals surface area contributed by atoms with Gasteiger partial charge < -0.3 is 5.32 Å². The molecule has 1 aromatic heterocycles. The number of nitrogens with zero attached hydrogens (tertiary/aromatic N) is 2. The third-order valence-corrected chi connectivity index (χ3v) is 5.69. The van der Waals surface area contributed by atoms with E-state index in [9.17, 15) is 9.59 Å². The first-order valence-corrected chi connectivity index (χ1v) is 10.9. The van der Waals surface area contributed by atoms with Crippen LogP contribution in [-0.4, -0.2) is 27.3 Å². The molecule has 0 aliphatic rings. The van der Waals surface area contributed by atoms with Crippen LogP contribution in [0.25, 0.3) is 10.9 Å². The molecule has 6 heteroatoms. The second-order valence-electron chi connectivity index (χ2n) is 7.46. The molecule has 1 atom stereocenters. The van der Waals surface area contributed by atoms with Crippen LogP contribution in [-0.2, 0) is 11.2 Å². The van der Waals surface area contributed by atoms with Crippen LogP contribution in [0.5, 0.6) is 0 Å². The normalized spacial score (nSPS) is 12.3. The molecule has 3 rings (SSSR count). The summed E-state index contributed by atoms with van der Waals surface area (Å²) in [5.74, 6) is 0.181. The summed E-state index contributed by atoms with van der Waals surface area (Å²) in [6.07, 6.45) is 1.81. The molecule has 1 N–H and O–H groups in total. The van der Waals surface area contributed by atoms with Crippen molar-refractivity contribution in [3.8, 4) is 0 Å². The number of para-hydroxylation sites is 1. The van der Waals surface area contributed by atoms with Crippen LogP contribution in [0.2, 0.25) is 0 Å². The van der Waals surface area contributed by atoms with Gasteiger partial charge in [-0.05, 0) is 51.3 Å². The molecular weight excluding hydrogens is 382 g/mol. The quantitative estimate of drug-likeness (QED) is 0.447. The summed E-state index contributed by atoms with van der Waals surface area (Å²) < 4.78 is 1.67. The van der Waals surface area contributed by atoms with E-state index in [1.54, 1.807) is 10.6 Å². The zero-order valence-corrected chi connectivity index (χ0v) is 17.9. The van der Waals surface area contributed by atoms with Gasteiger partial charge in [0.25, 0.3) is 5.56 Å². The van der Waals surface area contributed by atoms with Crippen LogP contribution in [0.3, 0.4) is 0 Å². The summed E-state index contributed by atoms with van der Waals surface area (Å²) in [5, 5.41) is 4.23. The highest BCUT2D eigenvalue weighted by molar-refractivity contribution is 7.99. The lowest BCUT2D eigenvalue weighted by molar-refractivity contribution is -0.119. The van der Waals surface area contributed by atoms with E-state index in [0.717, 1.165) is 12.8 Å². The Balaban J connectivity index is 1.63. The summed E-state index contributed by atoms with van der Waals surface area (Å²) in [6.45, 7) is 5.92. The van der Waals surface area contributed by atoms with Crippen molar-refractivity contribution in [3.05, 3.63) is 70.5 Å². The highest BCUT2D eigenvalue weighted by Gasteiger charge is 2.16. The minimum Gasteiger partial charge on any atom is -0.353 e. The van der Waals surface area contributed by atoms with E-state index in [0.29, 0.717) is 16.1 Å². The van der Waals surface area contributed by atoms with Crippen molar-refractivity contribution in [1.82, 2.24) is 14.9 Å². The van der Waals surface area contributed by atoms with Gasteiger partial charge in [-0.1, -0.05) is 54.2 Å². The van der Waals surface area contributed by atoms with E-state index < -0.39 is 0 Å². The Morgan fingerprint density at radius 1 is 1.07 bits per heavy atom. The molecular formula is C23H27N3O2S. The van der Waals surface area contributed by atoms with Crippen LogP contribution in [0.15, 0.2) is 64.5 Å². The highest BCUT2D eigenvalue weighted by atomic mass is 32.2. The Kier molecular flexibility index (Phi) is 7.09. The maximum atomic E-state index is 12.8. The Hall–Kier alpha value is -2.60. The number of carbonyl (C=O) groups is 1. The summed E-state index contributed by atoms with van der Waals surface area (Å²) in [5.41, 5.74) is 1.86. The number of aryl methyl sites for hydroxylation is 1. The zero-order chi connectivity index (χ0) is 20.8. The number of fused-ring (bicyclic) bond motifs is 1. The molecule has 0 aliphatic carbocycles. The lowest BCUT2D eigenvalue weighted by atomic mass is 10.1. The first-order chi connectivity index (χ1) is 14.0. The Labute approximate surface area is 175 Å². The van der Waals surface area contributed by atoms with E-state index in [1.807, 2.05) is 57.2 Å². The fraction of sp³-hybridized carbons (Fsp3) is 0.348. The van der Waals surface area contributed by atoms with Gasteiger partial charge in [0.2, 0.25) is 5.91 Å². The van der Waals surface area contributed by atoms with Crippen molar-refractivity contribution < 1.29 is 4.79 Å². The first-order valence-electron chi connectivity index (χ1n) is 9.93. The van der Waals surface area contributed by atoms with Gasteiger partial charge in [0.15, 0.2) is 5.16 Å². The lowest BCUT2D eigenvalue weighted by Gasteiger charge is -2.17. The molecule has 0 saturated heterocycles. The standard InChI is InChI=1S/C23H27N3O2S/c1-16(2)26-22(28)19-11-7-8-12-20(19)25-23(26)29-15-21(27)24-17(3)13-14-18-9-5-4-6-10-18/h4-12,16-17H,13-15H2,1-3H3,(H,24,27)/t17-/m0/s1. The molecule has 0 spiro atoms. The molecule has 2 aromatic carbocycles. The van der Waals surface area contributed by atoms with Crippen molar-refractivity contribution in [2.45, 2.75) is 50.9 Å². The number of amides is 1. The Bertz CT molecular complexity index is 1030. The molecule has 0 aliphatic heterocycles. The predicted molar refractivity (Wildman–Crippen MR) is 119 cm³/mol. The number of nitrogens with one attached hydrogen (secondary N) is 1. The third-order valence-electron chi connectivity index (χ3n) is 4.74. The summed E-state index contributed by atoms with van der Waals surface area (Å²) >= 11 is 1.31. The lowest BCUT2D eigenvalue weighted by Crippen LogP contribution is -2.34. The second-order valence-corrected chi connectivity index (χ2v) is 8.40. The van der Waals surface area contributed by atoms with Crippen LogP contribution in [0, 0.1) is 0 Å². The fourth-order valence-corrected chi connectivity index (χ4v) is 4.17. The van der Waals surface area contributed by atoms with Crippen LogP contribution < -0.4 is 10.9 Å². The number of aromatic nitrogens is 2. The Morgan fingerprint density at radius 3 is 2.48 bits per heavy atom. The molecule has 152 valence electrons. The van der Waals surface area contributed by atoms with Gasteiger partial charge in [-0.25, -0.2) is 4.98 Å². The fourth-order valence-electron chi connectivity index (χ4n) is 3.23. The van der Waals surface area contributed by atoms with Crippen LogP contribution in [0.4, 0.5) is 0 Å². The number of carbonyl (C=O) groups excluding carboxylic acids is 1. The van der Waals surface area contributed by atoms with E-state index in [1.165, 1.54) is 17.3 Å². The predicted octanol–water partition coefficient (Wildman–Crippen LogP) is 4.21. The molecule has 0 saturated carbocycles. The molecule has 5 nitrogen and oxygen atoms in total. The molecule has 0 unspecified atom stereocenters. The van der Waals surface area contributed by atoms with Gasteiger partial charge in [0.05, 0.1) is 16.7 Å². The Morgan fingerprint density at radius 2 is 1.76 bits per heavy atom. The van der Waals surface area contributed by atoms with Crippen molar-refractivity contribution in [2.75, 3.05) is 5.75 Å². The third kappa shape index (κ3) is 5.48. The maximum Gasteiger partial charge on any atom is 0.262 e. The van der Waals surface area contributed by atoms with Gasteiger partial charge in [-0.15, -0.1) is 0 Å². The second kappa shape index (κ2) is 9.74. The monoisotopic (exact) mass is 409 g/mol. The van der Waals surface area contributed by atoms with Gasteiger partial charge in [-0.3, -0.25) is 14.2 Å². The largest absolute Gasteiger partial charge is 0.353 e. The molecule has 0 radical (unpaired) electrons. The average Bonchev–Trinajstić information content (AvgIpc) is 2.71. The zero-order valence-electron chi connectivity index (χ0n) is 17.1. The van der Waals surface area contributed by atoms with Crippen molar-refractivity contribution in [2.24, 2.45) is 0 Å². The number of hydrogen-bond donors (Lipinski definition) is 1. The van der Waals surface area contributed by atoms with E-state index >= 15 is 0 Å². The van der Waals surface area contributed by atoms with E-state index in [4.69, 9.17) is 0 Å². The van der Waals surface area contributed by atoms with Crippen molar-refractivity contribution in [3.63, 3.8) is 0 Å². The van der Waals surface area contributed by atoms with E-state index in [2.05, 4.69) is 22.4 Å². The van der Waals surface area contributed by atoms with Gasteiger partial charge in [0, 0.05) is 12.1 Å². The molecule has 29 heavy (non-hydrogen) atoms. The number of benzene rings is 2. The topological polar surface area (TPSA) is 64.0 Å². The number of rotatable bonds is 8. The molecule has 1 amide bonds. The van der Waals surface area contributed by atoms with Gasteiger partial charge >= 0.3 is 0 Å². The summed E-state index contributed by atoms with van der Waals surface area (Å²) in [6, 6.07) is 17.6. The van der Waals surface area contributed by atoms with Crippen LogP contribution in [0.1, 0.15) is 38.8 Å². The molecule has 3 aromatic rings. The average molecular weight is 410 g/mol. The van der Waals surface area contributed by atoms with Crippen molar-refractivity contribution >= 4 is 28.6 Å². The summed E-state index contributed by atoms with van der Waals surface area (Å²) in [7, 11) is 0. The van der Waals surface area contributed by atoms with Crippen LogP contribution >= 0.6 is 11.8 Å². The van der Waals surface area contributed by atoms with E-state index in [-0.39, 0.29) is 29.3 Å². The summed E-state index contributed by atoms with van der Waals surface area (Å²) in [4.78, 5) is 29.9. The minimum atomic E-state index is -0.0651. The number of thioether (sulfide) groups is 1. The van der Waals surface area contributed by atoms with Gasteiger partial charge in [-0.2, -0.15) is 0 Å². The SMILES string of the molecule is CC(C)n1c(SCC(=O)N[C@@H](C)CCc2ccccc2)nc2ccccc2c1=O. The number of hydrogen-bond acceptors (Lipinski definition) is 4. The molecule has 0 bridgehead atoms. The smallest absolute Gasteiger partial charge is 0.262 e. The highest BCUT2D eigenvalue weighted by Crippen LogP contribution is 2.20. The van der Waals surface area contributed by atoms with Gasteiger partial charge in [0.1, 0.15) is 0 Å². The van der Waals surface area contributed by atoms with Crippen molar-refractivity contribution in [1.29, 1.82) is 0 Å². The molecule has 0 fully saturated rings. The minimum absolute atomic E-state index is 0.0324. The first kappa shape index (κ1) is 21.1.